The van der Waals surface area contributed by atoms with E-state index in [1.807, 2.05) is 31.2 Å². The van der Waals surface area contributed by atoms with Crippen LogP contribution in [0.2, 0.25) is 0 Å². The van der Waals surface area contributed by atoms with E-state index in [0.717, 1.165) is 24.3 Å². The topological polar surface area (TPSA) is 81.9 Å². The van der Waals surface area contributed by atoms with Crippen LogP contribution in [-0.4, -0.2) is 32.7 Å². The highest BCUT2D eigenvalue weighted by atomic mass is 16.5. The Morgan fingerprint density at radius 2 is 2.05 bits per heavy atom. The number of hydrogen-bond donors (Lipinski definition) is 1. The van der Waals surface area contributed by atoms with Crippen molar-refractivity contribution in [1.29, 1.82) is 0 Å². The molecule has 1 heterocycles. The zero-order chi connectivity index (χ0) is 15.8. The monoisotopic (exact) mass is 303 g/mol. The molecule has 0 fully saturated rings. The Labute approximate surface area is 129 Å². The van der Waals surface area contributed by atoms with Gasteiger partial charge in [-0.1, -0.05) is 13.3 Å². The van der Waals surface area contributed by atoms with Gasteiger partial charge in [0, 0.05) is 6.42 Å². The molecule has 0 atom stereocenters. The fourth-order valence-corrected chi connectivity index (χ4v) is 1.97. The van der Waals surface area contributed by atoms with Gasteiger partial charge in [-0.3, -0.25) is 4.79 Å². The van der Waals surface area contributed by atoms with Crippen molar-refractivity contribution >= 4 is 5.91 Å². The predicted octanol–water partition coefficient (Wildman–Crippen LogP) is 1.87. The maximum atomic E-state index is 11.7. The third-order valence-corrected chi connectivity index (χ3v) is 3.13. The summed E-state index contributed by atoms with van der Waals surface area (Å²) in [5.74, 6) is 1.41. The molecule has 2 rings (SSSR count). The first-order valence-electron chi connectivity index (χ1n) is 7.51. The highest BCUT2D eigenvalue weighted by Gasteiger charge is 2.10. The average Bonchev–Trinajstić information content (AvgIpc) is 3.00. The molecule has 2 aromatic rings. The van der Waals surface area contributed by atoms with Crippen molar-refractivity contribution in [3.8, 4) is 11.4 Å². The highest BCUT2D eigenvalue weighted by Crippen LogP contribution is 2.15. The Hall–Kier alpha value is -2.44. The zero-order valence-corrected chi connectivity index (χ0v) is 13.0. The average molecular weight is 303 g/mol. The summed E-state index contributed by atoms with van der Waals surface area (Å²) in [5.41, 5.74) is 0.825. The van der Waals surface area contributed by atoms with Crippen LogP contribution in [0.4, 0.5) is 0 Å². The molecule has 1 aromatic carbocycles. The number of ether oxygens (including phenoxy) is 1. The van der Waals surface area contributed by atoms with Crippen LogP contribution in [0.3, 0.4) is 0 Å². The number of unbranched alkanes of at least 4 members (excludes halogenated alkanes) is 1. The molecule has 0 aliphatic heterocycles. The van der Waals surface area contributed by atoms with Crippen LogP contribution in [0.25, 0.3) is 5.69 Å². The number of carbonyl (C=O) groups is 1. The summed E-state index contributed by atoms with van der Waals surface area (Å²) in [4.78, 5) is 11.7. The van der Waals surface area contributed by atoms with Crippen molar-refractivity contribution in [2.24, 2.45) is 0 Å². The second kappa shape index (κ2) is 8.11. The Kier molecular flexibility index (Phi) is 5.88. The number of carbonyl (C=O) groups excluding carboxylic acids is 1. The molecule has 0 unspecified atom stereocenters. The summed E-state index contributed by atoms with van der Waals surface area (Å²) in [6.07, 6.45) is 2.41. The number of tetrazole rings is 1. The SMILES string of the molecule is CCCCC(=O)NCc1nnnn1-c1ccc(OCC)cc1. The molecule has 0 radical (unpaired) electrons. The lowest BCUT2D eigenvalue weighted by Crippen LogP contribution is -2.24. The summed E-state index contributed by atoms with van der Waals surface area (Å²) in [5, 5.41) is 14.4. The van der Waals surface area contributed by atoms with Crippen molar-refractivity contribution < 1.29 is 9.53 Å². The van der Waals surface area contributed by atoms with Gasteiger partial charge in [0.2, 0.25) is 5.91 Å². The lowest BCUT2D eigenvalue weighted by atomic mass is 10.2. The highest BCUT2D eigenvalue weighted by molar-refractivity contribution is 5.75. The molecule has 7 heteroatoms. The van der Waals surface area contributed by atoms with Crippen LogP contribution < -0.4 is 10.1 Å². The number of rotatable bonds is 8. The predicted molar refractivity (Wildman–Crippen MR) is 81.7 cm³/mol. The molecular formula is C15H21N5O2. The smallest absolute Gasteiger partial charge is 0.220 e. The summed E-state index contributed by atoms with van der Waals surface area (Å²) in [6.45, 7) is 4.93. The fourth-order valence-electron chi connectivity index (χ4n) is 1.97. The molecule has 1 amide bonds. The van der Waals surface area contributed by atoms with Gasteiger partial charge in [-0.2, -0.15) is 4.68 Å². The minimum Gasteiger partial charge on any atom is -0.494 e. The number of benzene rings is 1. The molecular weight excluding hydrogens is 282 g/mol. The van der Waals surface area contributed by atoms with Crippen molar-refractivity contribution in [2.45, 2.75) is 39.7 Å². The van der Waals surface area contributed by atoms with Crippen LogP contribution in [0, 0.1) is 0 Å². The lowest BCUT2D eigenvalue weighted by molar-refractivity contribution is -0.121. The number of hydrogen-bond acceptors (Lipinski definition) is 5. The second-order valence-corrected chi connectivity index (χ2v) is 4.81. The summed E-state index contributed by atoms with van der Waals surface area (Å²) < 4.78 is 7.01. The minimum absolute atomic E-state index is 0.0168. The minimum atomic E-state index is 0.0168. The summed E-state index contributed by atoms with van der Waals surface area (Å²) in [6, 6.07) is 7.49. The Morgan fingerprint density at radius 1 is 1.27 bits per heavy atom. The van der Waals surface area contributed by atoms with Crippen molar-refractivity contribution in [3.05, 3.63) is 30.1 Å². The van der Waals surface area contributed by atoms with Crippen LogP contribution in [0.15, 0.2) is 24.3 Å². The van der Waals surface area contributed by atoms with Gasteiger partial charge in [-0.25, -0.2) is 0 Å². The molecule has 0 saturated carbocycles. The van der Waals surface area contributed by atoms with Gasteiger partial charge in [0.25, 0.3) is 0 Å². The third-order valence-electron chi connectivity index (χ3n) is 3.13. The first kappa shape index (κ1) is 15.9. The van der Waals surface area contributed by atoms with E-state index in [-0.39, 0.29) is 5.91 Å². The van der Waals surface area contributed by atoms with Gasteiger partial charge in [0.1, 0.15) is 5.75 Å². The van der Waals surface area contributed by atoms with E-state index >= 15 is 0 Å². The zero-order valence-electron chi connectivity index (χ0n) is 13.0. The molecule has 0 saturated heterocycles. The normalized spacial score (nSPS) is 10.5. The standard InChI is InChI=1S/C15H21N5O2/c1-3-5-6-15(21)16-11-14-17-18-19-20(14)12-7-9-13(10-8-12)22-4-2/h7-10H,3-6,11H2,1-2H3,(H,16,21). The first-order chi connectivity index (χ1) is 10.7. The van der Waals surface area contributed by atoms with E-state index in [1.165, 1.54) is 0 Å². The van der Waals surface area contributed by atoms with Crippen LogP contribution in [-0.2, 0) is 11.3 Å². The van der Waals surface area contributed by atoms with Gasteiger partial charge in [0.15, 0.2) is 5.82 Å². The van der Waals surface area contributed by atoms with Gasteiger partial charge >= 0.3 is 0 Å². The molecule has 0 spiro atoms. The van der Waals surface area contributed by atoms with E-state index in [2.05, 4.69) is 27.8 Å². The summed E-state index contributed by atoms with van der Waals surface area (Å²) in [7, 11) is 0. The molecule has 7 nitrogen and oxygen atoms in total. The Balaban J connectivity index is 2.01. The van der Waals surface area contributed by atoms with Gasteiger partial charge in [-0.05, 0) is 48.0 Å². The molecule has 1 aromatic heterocycles. The van der Waals surface area contributed by atoms with Gasteiger partial charge in [-0.15, -0.1) is 5.10 Å². The molecule has 1 N–H and O–H groups in total. The lowest BCUT2D eigenvalue weighted by Gasteiger charge is -2.07. The largest absolute Gasteiger partial charge is 0.494 e. The van der Waals surface area contributed by atoms with Crippen LogP contribution >= 0.6 is 0 Å². The van der Waals surface area contributed by atoms with E-state index < -0.39 is 0 Å². The van der Waals surface area contributed by atoms with Gasteiger partial charge < -0.3 is 10.1 Å². The Morgan fingerprint density at radius 3 is 2.73 bits per heavy atom. The number of aromatic nitrogens is 4. The van der Waals surface area contributed by atoms with E-state index in [9.17, 15) is 4.79 Å². The maximum absolute atomic E-state index is 11.7. The molecule has 0 bridgehead atoms. The van der Waals surface area contributed by atoms with E-state index in [4.69, 9.17) is 4.74 Å². The fraction of sp³-hybridized carbons (Fsp3) is 0.467. The van der Waals surface area contributed by atoms with Crippen LogP contribution in [0.5, 0.6) is 5.75 Å². The molecule has 118 valence electrons. The second-order valence-electron chi connectivity index (χ2n) is 4.81. The number of nitrogens with zero attached hydrogens (tertiary/aromatic N) is 4. The molecule has 0 aliphatic carbocycles. The van der Waals surface area contributed by atoms with E-state index in [1.54, 1.807) is 4.68 Å². The number of nitrogens with one attached hydrogen (secondary N) is 1. The quantitative estimate of drug-likeness (QED) is 0.805. The first-order valence-corrected chi connectivity index (χ1v) is 7.51. The van der Waals surface area contributed by atoms with E-state index in [0.29, 0.717) is 25.4 Å². The number of amides is 1. The summed E-state index contributed by atoms with van der Waals surface area (Å²) >= 11 is 0. The van der Waals surface area contributed by atoms with Gasteiger partial charge in [0.05, 0.1) is 18.8 Å². The van der Waals surface area contributed by atoms with Crippen molar-refractivity contribution in [2.75, 3.05) is 6.61 Å². The molecule has 22 heavy (non-hydrogen) atoms. The van der Waals surface area contributed by atoms with Crippen molar-refractivity contribution in [3.63, 3.8) is 0 Å². The van der Waals surface area contributed by atoms with Crippen molar-refractivity contribution in [1.82, 2.24) is 25.5 Å². The third kappa shape index (κ3) is 4.28. The molecule has 0 aliphatic rings. The van der Waals surface area contributed by atoms with Crippen LogP contribution in [0.1, 0.15) is 38.9 Å². The Bertz CT molecular complexity index is 594. The maximum Gasteiger partial charge on any atom is 0.220 e.